The van der Waals surface area contributed by atoms with Gasteiger partial charge in [0.2, 0.25) is 0 Å². The van der Waals surface area contributed by atoms with Crippen LogP contribution >= 0.6 is 14.7 Å². The number of rotatable bonds is 12. The van der Waals surface area contributed by atoms with Crippen LogP contribution in [0.5, 0.6) is 0 Å². The van der Waals surface area contributed by atoms with Gasteiger partial charge in [-0.15, -0.1) is 10.1 Å². The van der Waals surface area contributed by atoms with Crippen molar-refractivity contribution in [1.29, 1.82) is 0 Å². The van der Waals surface area contributed by atoms with Gasteiger partial charge in [-0.3, -0.25) is 9.40 Å². The van der Waals surface area contributed by atoms with E-state index in [2.05, 4.69) is 0 Å². The van der Waals surface area contributed by atoms with E-state index in [0.717, 1.165) is 0 Å². The monoisotopic (exact) mass is 429 g/mol. The van der Waals surface area contributed by atoms with Gasteiger partial charge in [-0.25, -0.2) is 0 Å². The zero-order valence-corrected chi connectivity index (χ0v) is 20.0. The van der Waals surface area contributed by atoms with Crippen molar-refractivity contribution in [3.63, 3.8) is 0 Å². The summed E-state index contributed by atoms with van der Waals surface area (Å²) in [6, 6.07) is 0. The van der Waals surface area contributed by atoms with Gasteiger partial charge in [0.15, 0.2) is 0 Å². The summed E-state index contributed by atoms with van der Waals surface area (Å²) in [7, 11) is -7.85. The van der Waals surface area contributed by atoms with E-state index in [1.165, 1.54) is 0 Å². The van der Waals surface area contributed by atoms with Gasteiger partial charge in [-0.05, 0) is 25.7 Å². The summed E-state index contributed by atoms with van der Waals surface area (Å²) >= 11 is 0. The fourth-order valence-corrected chi connectivity index (χ4v) is 11.9. The molecule has 0 rings (SSSR count). The maximum Gasteiger partial charge on any atom is 0.370 e. The Kier molecular flexibility index (Phi) is 9.24. The molecule has 0 saturated heterocycles. The lowest BCUT2D eigenvalue weighted by molar-refractivity contribution is -0.771. The van der Waals surface area contributed by atoms with Crippen molar-refractivity contribution < 1.29 is 28.1 Å². The maximum atomic E-state index is 14.1. The molecular formula is C17H37NO7P2. The van der Waals surface area contributed by atoms with E-state index in [0.29, 0.717) is 6.42 Å². The summed E-state index contributed by atoms with van der Waals surface area (Å²) < 4.78 is 39.1. The van der Waals surface area contributed by atoms with Crippen molar-refractivity contribution in [1.82, 2.24) is 0 Å². The van der Waals surface area contributed by atoms with Gasteiger partial charge in [0.05, 0.1) is 13.2 Å². The third kappa shape index (κ3) is 5.35. The van der Waals surface area contributed by atoms with Gasteiger partial charge >= 0.3 is 7.60 Å². The molecule has 0 aliphatic rings. The van der Waals surface area contributed by atoms with Gasteiger partial charge in [0, 0.05) is 17.7 Å². The molecule has 8 nitrogen and oxygen atoms in total. The van der Waals surface area contributed by atoms with E-state index < -0.39 is 30.3 Å². The minimum absolute atomic E-state index is 0.0148. The second-order valence-electron chi connectivity index (χ2n) is 8.40. The summed E-state index contributed by atoms with van der Waals surface area (Å²) in [6.45, 7) is 15.8. The predicted octanol–water partition coefficient (Wildman–Crippen LogP) is 5.98. The molecule has 162 valence electrons. The second-order valence-corrected chi connectivity index (χ2v) is 14.6. The lowest BCUT2D eigenvalue weighted by atomic mass is 9.76. The minimum Gasteiger partial charge on any atom is -0.320 e. The second kappa shape index (κ2) is 9.39. The summed E-state index contributed by atoms with van der Waals surface area (Å²) in [5.74, 6) is 0. The molecule has 0 saturated carbocycles. The van der Waals surface area contributed by atoms with Gasteiger partial charge in [0.25, 0.3) is 10.2 Å². The van der Waals surface area contributed by atoms with Crippen LogP contribution in [0.25, 0.3) is 0 Å². The van der Waals surface area contributed by atoms with Gasteiger partial charge in [-0.2, -0.15) is 0 Å². The molecule has 0 bridgehead atoms. The normalized spacial score (nSPS) is 16.0. The van der Waals surface area contributed by atoms with Crippen molar-refractivity contribution in [3.8, 4) is 0 Å². The molecule has 0 radical (unpaired) electrons. The van der Waals surface area contributed by atoms with Crippen LogP contribution in [0.4, 0.5) is 0 Å². The lowest BCUT2D eigenvalue weighted by Crippen LogP contribution is -2.51. The summed E-state index contributed by atoms with van der Waals surface area (Å²) in [5.41, 5.74) is -1.44. The summed E-state index contributed by atoms with van der Waals surface area (Å²) in [5, 5.41) is 8.39. The Morgan fingerprint density at radius 1 is 0.889 bits per heavy atom. The Morgan fingerprint density at radius 2 is 1.30 bits per heavy atom. The molecule has 0 aliphatic heterocycles. The molecule has 1 atom stereocenters. The zero-order chi connectivity index (χ0) is 21.7. The molecule has 0 N–H and O–H groups in total. The molecule has 0 fully saturated rings. The number of hydrogen-bond donors (Lipinski definition) is 0. The SMILES string of the molecule is CCOP(=O)(OCC)C(O[N+](=O)[O-])(C(C)(C)CC(C)(C)C)P(=O)(CC)CC. The first-order valence-corrected chi connectivity index (χ1v) is 13.0. The van der Waals surface area contributed by atoms with Crippen LogP contribution in [-0.4, -0.2) is 35.7 Å². The average Bonchev–Trinajstić information content (AvgIpc) is 2.49. The first kappa shape index (κ1) is 26.6. The lowest BCUT2D eigenvalue weighted by Gasteiger charge is -2.51. The Labute approximate surface area is 163 Å². The van der Waals surface area contributed by atoms with E-state index in [4.69, 9.17) is 13.9 Å². The standard InChI is InChI=1S/C17H37NO7P2/c1-10-23-27(22,24-11-2)17(25-18(19)20,26(21,12-3)13-4)16(8,9)14-15(5,6)7/h10-14H2,1-9H3. The highest BCUT2D eigenvalue weighted by Gasteiger charge is 2.72. The predicted molar refractivity (Wildman–Crippen MR) is 108 cm³/mol. The van der Waals surface area contributed by atoms with Gasteiger partial charge in [0.1, 0.15) is 7.14 Å². The van der Waals surface area contributed by atoms with Gasteiger partial charge < -0.3 is 13.6 Å². The van der Waals surface area contributed by atoms with Gasteiger partial charge in [-0.1, -0.05) is 48.5 Å². The highest BCUT2D eigenvalue weighted by molar-refractivity contribution is 7.79. The van der Waals surface area contributed by atoms with E-state index in [1.807, 2.05) is 20.8 Å². The van der Waals surface area contributed by atoms with E-state index >= 15 is 0 Å². The minimum atomic E-state index is -4.30. The molecule has 1 unspecified atom stereocenters. The Hall–Kier alpha value is -0.420. The van der Waals surface area contributed by atoms with Crippen LogP contribution < -0.4 is 0 Å². The van der Waals surface area contributed by atoms with E-state index in [1.54, 1.807) is 41.5 Å². The molecule has 0 aromatic rings. The van der Waals surface area contributed by atoms with Crippen LogP contribution in [-0.2, 0) is 23.0 Å². The summed E-state index contributed by atoms with van der Waals surface area (Å²) in [6.07, 6.45) is 0.520. The van der Waals surface area contributed by atoms with Crippen molar-refractivity contribution in [2.45, 2.75) is 73.8 Å². The van der Waals surface area contributed by atoms with Crippen LogP contribution in [0, 0.1) is 20.9 Å². The molecule has 0 aromatic heterocycles. The molecule has 0 aliphatic carbocycles. The highest BCUT2D eigenvalue weighted by Crippen LogP contribution is 2.83. The van der Waals surface area contributed by atoms with E-state index in [-0.39, 0.29) is 31.0 Å². The zero-order valence-electron chi connectivity index (χ0n) is 18.2. The Bertz CT molecular complexity index is 583. The fraction of sp³-hybridized carbons (Fsp3) is 1.00. The smallest absolute Gasteiger partial charge is 0.320 e. The quantitative estimate of drug-likeness (QED) is 0.213. The van der Waals surface area contributed by atoms with Crippen molar-refractivity contribution in [3.05, 3.63) is 10.1 Å². The number of nitrogens with zero attached hydrogens (tertiary/aromatic N) is 1. The van der Waals surface area contributed by atoms with E-state index in [9.17, 15) is 19.2 Å². The first-order chi connectivity index (χ1) is 12.1. The number of hydrogen-bond acceptors (Lipinski definition) is 7. The largest absolute Gasteiger partial charge is 0.370 e. The molecule has 27 heavy (non-hydrogen) atoms. The Balaban J connectivity index is 7.22. The average molecular weight is 429 g/mol. The molecular weight excluding hydrogens is 392 g/mol. The third-order valence-corrected chi connectivity index (χ3v) is 12.9. The van der Waals surface area contributed by atoms with Crippen molar-refractivity contribution >= 4 is 14.7 Å². The topological polar surface area (TPSA) is 105 Å². The molecule has 10 heteroatoms. The third-order valence-electron chi connectivity index (χ3n) is 4.60. The first-order valence-electron chi connectivity index (χ1n) is 9.42. The van der Waals surface area contributed by atoms with Crippen LogP contribution in [0.2, 0.25) is 0 Å². The fourth-order valence-electron chi connectivity index (χ4n) is 4.14. The van der Waals surface area contributed by atoms with Crippen molar-refractivity contribution in [2.24, 2.45) is 10.8 Å². The summed E-state index contributed by atoms with van der Waals surface area (Å²) in [4.78, 5) is 16.8. The van der Waals surface area contributed by atoms with Crippen LogP contribution in [0.3, 0.4) is 0 Å². The van der Waals surface area contributed by atoms with Crippen molar-refractivity contribution in [2.75, 3.05) is 25.5 Å². The molecule has 0 aromatic carbocycles. The molecule has 0 spiro atoms. The van der Waals surface area contributed by atoms with Crippen LogP contribution in [0.15, 0.2) is 0 Å². The Morgan fingerprint density at radius 3 is 1.56 bits per heavy atom. The molecule has 0 amide bonds. The van der Waals surface area contributed by atoms with Crippen LogP contribution in [0.1, 0.15) is 68.7 Å². The maximum absolute atomic E-state index is 14.1. The highest BCUT2D eigenvalue weighted by atomic mass is 31.2. The molecule has 0 heterocycles.